The molecule has 1 aliphatic rings. The summed E-state index contributed by atoms with van der Waals surface area (Å²) < 4.78 is 5.41. The van der Waals surface area contributed by atoms with E-state index in [1.165, 1.54) is 5.69 Å². The molecule has 0 bridgehead atoms. The second-order valence-electron chi connectivity index (χ2n) is 7.24. The van der Waals surface area contributed by atoms with E-state index < -0.39 is 0 Å². The zero-order valence-corrected chi connectivity index (χ0v) is 16.8. The van der Waals surface area contributed by atoms with E-state index >= 15 is 0 Å². The van der Waals surface area contributed by atoms with Gasteiger partial charge in [0.25, 0.3) is 5.91 Å². The number of hydrogen-bond acceptors (Lipinski definition) is 5. The lowest BCUT2D eigenvalue weighted by atomic mass is 10.1. The number of para-hydroxylation sites is 2. The minimum Gasteiger partial charge on any atom is -0.397 e. The molecular weight excluding hydrogens is 376 g/mol. The highest BCUT2D eigenvalue weighted by Gasteiger charge is 2.11. The summed E-state index contributed by atoms with van der Waals surface area (Å²) in [5.74, 6) is -0.175. The van der Waals surface area contributed by atoms with Gasteiger partial charge in [-0.1, -0.05) is 24.3 Å². The van der Waals surface area contributed by atoms with E-state index in [2.05, 4.69) is 39.8 Å². The number of rotatable bonds is 6. The van der Waals surface area contributed by atoms with Crippen LogP contribution in [-0.4, -0.2) is 32.2 Å². The third-order valence-corrected chi connectivity index (χ3v) is 5.17. The molecule has 0 atom stereocenters. The topological polar surface area (TPSA) is 79.6 Å². The molecule has 154 valence electrons. The molecule has 0 aromatic heterocycles. The molecule has 4 rings (SSSR count). The molecule has 3 aromatic carbocycles. The van der Waals surface area contributed by atoms with Gasteiger partial charge in [0.05, 0.1) is 24.6 Å². The summed E-state index contributed by atoms with van der Waals surface area (Å²) in [4.78, 5) is 14.8. The molecule has 0 saturated carbocycles. The van der Waals surface area contributed by atoms with Crippen molar-refractivity contribution in [3.63, 3.8) is 0 Å². The fourth-order valence-corrected chi connectivity index (χ4v) is 3.40. The largest absolute Gasteiger partial charge is 0.397 e. The van der Waals surface area contributed by atoms with Crippen LogP contribution in [0.3, 0.4) is 0 Å². The number of anilines is 4. The fraction of sp³-hybridized carbons (Fsp3) is 0.208. The monoisotopic (exact) mass is 402 g/mol. The SMILES string of the molecule is Nc1ccccc1NC(=O)c1ccc(CNc2ccc(N3CCOCC3)cc2)cc1. The van der Waals surface area contributed by atoms with Gasteiger partial charge in [-0.15, -0.1) is 0 Å². The molecule has 0 radical (unpaired) electrons. The van der Waals surface area contributed by atoms with Gasteiger partial charge in [-0.05, 0) is 54.1 Å². The second-order valence-corrected chi connectivity index (χ2v) is 7.24. The van der Waals surface area contributed by atoms with Crippen LogP contribution in [0.25, 0.3) is 0 Å². The minimum atomic E-state index is -0.175. The van der Waals surface area contributed by atoms with Crippen molar-refractivity contribution in [1.82, 2.24) is 0 Å². The summed E-state index contributed by atoms with van der Waals surface area (Å²) in [6, 6.07) is 23.3. The molecule has 0 aliphatic carbocycles. The van der Waals surface area contributed by atoms with Crippen molar-refractivity contribution in [2.24, 2.45) is 0 Å². The standard InChI is InChI=1S/C24H26N4O2/c25-22-3-1-2-4-23(22)27-24(29)19-7-5-18(6-8-19)17-26-20-9-11-21(12-10-20)28-13-15-30-16-14-28/h1-12,26H,13-17,25H2,(H,27,29). The average molecular weight is 402 g/mol. The van der Waals surface area contributed by atoms with Crippen LogP contribution in [0.5, 0.6) is 0 Å². The molecule has 6 heteroatoms. The van der Waals surface area contributed by atoms with Crippen LogP contribution in [0.2, 0.25) is 0 Å². The van der Waals surface area contributed by atoms with Gasteiger partial charge in [0.2, 0.25) is 0 Å². The van der Waals surface area contributed by atoms with Crippen LogP contribution in [-0.2, 0) is 11.3 Å². The number of carbonyl (C=O) groups is 1. The normalized spacial score (nSPS) is 13.7. The van der Waals surface area contributed by atoms with Gasteiger partial charge in [0.15, 0.2) is 0 Å². The van der Waals surface area contributed by atoms with Gasteiger partial charge >= 0.3 is 0 Å². The lowest BCUT2D eigenvalue weighted by Crippen LogP contribution is -2.36. The van der Waals surface area contributed by atoms with Gasteiger partial charge in [-0.3, -0.25) is 4.79 Å². The van der Waals surface area contributed by atoms with Crippen LogP contribution in [0.15, 0.2) is 72.8 Å². The zero-order chi connectivity index (χ0) is 20.8. The first-order valence-electron chi connectivity index (χ1n) is 10.1. The van der Waals surface area contributed by atoms with Crippen LogP contribution < -0.4 is 21.3 Å². The van der Waals surface area contributed by atoms with Crippen molar-refractivity contribution in [2.45, 2.75) is 6.54 Å². The minimum absolute atomic E-state index is 0.175. The lowest BCUT2D eigenvalue weighted by Gasteiger charge is -2.28. The van der Waals surface area contributed by atoms with E-state index in [1.807, 2.05) is 36.4 Å². The summed E-state index contributed by atoms with van der Waals surface area (Å²) in [5, 5.41) is 6.27. The molecule has 3 aromatic rings. The molecule has 6 nitrogen and oxygen atoms in total. The van der Waals surface area contributed by atoms with Crippen molar-refractivity contribution >= 4 is 28.7 Å². The molecular formula is C24H26N4O2. The van der Waals surface area contributed by atoms with Crippen molar-refractivity contribution in [2.75, 3.05) is 47.6 Å². The number of amides is 1. The number of nitrogens with two attached hydrogens (primary N) is 1. The Morgan fingerprint density at radius 1 is 0.933 bits per heavy atom. The number of carbonyl (C=O) groups excluding carboxylic acids is 1. The van der Waals surface area contributed by atoms with E-state index in [-0.39, 0.29) is 5.91 Å². The van der Waals surface area contributed by atoms with Gasteiger partial charge in [-0.2, -0.15) is 0 Å². The van der Waals surface area contributed by atoms with Crippen LogP contribution in [0, 0.1) is 0 Å². The Morgan fingerprint density at radius 3 is 2.33 bits per heavy atom. The number of hydrogen-bond donors (Lipinski definition) is 3. The van der Waals surface area contributed by atoms with Gasteiger partial charge in [0.1, 0.15) is 0 Å². The summed E-state index contributed by atoms with van der Waals surface area (Å²) in [7, 11) is 0. The van der Waals surface area contributed by atoms with E-state index in [1.54, 1.807) is 12.1 Å². The third kappa shape index (κ3) is 4.90. The maximum Gasteiger partial charge on any atom is 0.255 e. The molecule has 0 unspecified atom stereocenters. The van der Waals surface area contributed by atoms with Crippen molar-refractivity contribution < 1.29 is 9.53 Å². The lowest BCUT2D eigenvalue weighted by molar-refractivity contribution is 0.102. The number of nitrogens with one attached hydrogen (secondary N) is 2. The predicted octanol–water partition coefficient (Wildman–Crippen LogP) is 3.97. The first kappa shape index (κ1) is 19.8. The fourth-order valence-electron chi connectivity index (χ4n) is 3.40. The number of nitrogens with zero attached hydrogens (tertiary/aromatic N) is 1. The first-order valence-corrected chi connectivity index (χ1v) is 10.1. The van der Waals surface area contributed by atoms with Crippen LogP contribution in [0.1, 0.15) is 15.9 Å². The molecule has 1 fully saturated rings. The number of morpholine rings is 1. The average Bonchev–Trinajstić information content (AvgIpc) is 2.80. The molecule has 1 saturated heterocycles. The summed E-state index contributed by atoms with van der Waals surface area (Å²) in [6.45, 7) is 4.12. The van der Waals surface area contributed by atoms with E-state index in [0.29, 0.717) is 23.5 Å². The highest BCUT2D eigenvalue weighted by molar-refractivity contribution is 6.05. The molecule has 1 amide bonds. The highest BCUT2D eigenvalue weighted by atomic mass is 16.5. The quantitative estimate of drug-likeness (QED) is 0.544. The maximum absolute atomic E-state index is 12.4. The third-order valence-electron chi connectivity index (χ3n) is 5.17. The molecule has 4 N–H and O–H groups in total. The van der Waals surface area contributed by atoms with Crippen LogP contribution in [0.4, 0.5) is 22.7 Å². The molecule has 0 spiro atoms. The Bertz CT molecular complexity index is 981. The maximum atomic E-state index is 12.4. The Balaban J connectivity index is 1.31. The van der Waals surface area contributed by atoms with E-state index in [9.17, 15) is 4.79 Å². The Hall–Kier alpha value is -3.51. The number of benzene rings is 3. The Kier molecular flexibility index (Phi) is 6.15. The highest BCUT2D eigenvalue weighted by Crippen LogP contribution is 2.20. The molecule has 1 aliphatic heterocycles. The van der Waals surface area contributed by atoms with Crippen molar-refractivity contribution in [3.05, 3.63) is 83.9 Å². The van der Waals surface area contributed by atoms with Crippen molar-refractivity contribution in [3.8, 4) is 0 Å². The number of nitrogen functional groups attached to an aromatic ring is 1. The summed E-state index contributed by atoms with van der Waals surface area (Å²) in [5.41, 5.74) is 11.0. The molecule has 1 heterocycles. The van der Waals surface area contributed by atoms with E-state index in [0.717, 1.165) is 37.6 Å². The summed E-state index contributed by atoms with van der Waals surface area (Å²) in [6.07, 6.45) is 0. The smallest absolute Gasteiger partial charge is 0.255 e. The molecule has 30 heavy (non-hydrogen) atoms. The number of ether oxygens (including phenoxy) is 1. The summed E-state index contributed by atoms with van der Waals surface area (Å²) >= 11 is 0. The van der Waals surface area contributed by atoms with Gasteiger partial charge in [0, 0.05) is 36.6 Å². The van der Waals surface area contributed by atoms with Gasteiger partial charge in [-0.25, -0.2) is 0 Å². The van der Waals surface area contributed by atoms with Crippen LogP contribution >= 0.6 is 0 Å². The Morgan fingerprint density at radius 2 is 1.63 bits per heavy atom. The zero-order valence-electron chi connectivity index (χ0n) is 16.8. The Labute approximate surface area is 176 Å². The van der Waals surface area contributed by atoms with E-state index in [4.69, 9.17) is 10.5 Å². The first-order chi connectivity index (χ1) is 14.7. The van der Waals surface area contributed by atoms with Crippen molar-refractivity contribution in [1.29, 1.82) is 0 Å². The predicted molar refractivity (Wildman–Crippen MR) is 122 cm³/mol. The van der Waals surface area contributed by atoms with Gasteiger partial charge < -0.3 is 26.0 Å². The second kappa shape index (κ2) is 9.33.